The second-order valence-electron chi connectivity index (χ2n) is 5.73. The van der Waals surface area contributed by atoms with Crippen LogP contribution in [0.2, 0.25) is 0 Å². The van der Waals surface area contributed by atoms with Crippen molar-refractivity contribution in [2.75, 3.05) is 25.0 Å². The Balaban J connectivity index is 1.76. The van der Waals surface area contributed by atoms with Gasteiger partial charge < -0.3 is 15.7 Å². The van der Waals surface area contributed by atoms with Gasteiger partial charge in [-0.15, -0.1) is 11.3 Å². The molecule has 1 saturated heterocycles. The number of aliphatic hydroxyl groups excluding tert-OH is 1. The number of thiazole rings is 1. The zero-order valence-electron chi connectivity index (χ0n) is 12.7. The summed E-state index contributed by atoms with van der Waals surface area (Å²) in [5.41, 5.74) is 0.965. The Hall–Kier alpha value is -1.50. The molecule has 3 heterocycles. The number of rotatable bonds is 5. The molecule has 3 N–H and O–H groups in total. The number of anilines is 2. The lowest BCUT2D eigenvalue weighted by atomic mass is 9.83. The van der Waals surface area contributed by atoms with Crippen LogP contribution in [0.4, 0.5) is 10.9 Å². The maximum Gasteiger partial charge on any atom is 0.188 e. The Morgan fingerprint density at radius 3 is 2.91 bits per heavy atom. The van der Waals surface area contributed by atoms with Crippen molar-refractivity contribution in [3.05, 3.63) is 35.0 Å². The van der Waals surface area contributed by atoms with E-state index in [4.69, 9.17) is 4.98 Å². The fourth-order valence-corrected chi connectivity index (χ4v) is 3.65. The highest BCUT2D eigenvalue weighted by atomic mass is 32.1. The van der Waals surface area contributed by atoms with E-state index >= 15 is 0 Å². The average molecular weight is 318 g/mol. The predicted molar refractivity (Wildman–Crippen MR) is 89.8 cm³/mol. The average Bonchev–Trinajstić information content (AvgIpc) is 2.95. The van der Waals surface area contributed by atoms with Gasteiger partial charge >= 0.3 is 0 Å². The second-order valence-corrected chi connectivity index (χ2v) is 6.96. The van der Waals surface area contributed by atoms with Crippen molar-refractivity contribution in [3.8, 4) is 0 Å². The van der Waals surface area contributed by atoms with Gasteiger partial charge in [0.2, 0.25) is 0 Å². The molecule has 0 bridgehead atoms. The largest absolute Gasteiger partial charge is 0.396 e. The van der Waals surface area contributed by atoms with Crippen LogP contribution in [0.5, 0.6) is 0 Å². The van der Waals surface area contributed by atoms with Crippen molar-refractivity contribution in [2.45, 2.75) is 25.7 Å². The molecule has 1 atom stereocenters. The number of nitrogens with zero attached hydrogens (tertiary/aromatic N) is 2. The van der Waals surface area contributed by atoms with Crippen LogP contribution >= 0.6 is 11.3 Å². The minimum Gasteiger partial charge on any atom is -0.396 e. The highest BCUT2D eigenvalue weighted by Crippen LogP contribution is 2.30. The van der Waals surface area contributed by atoms with Gasteiger partial charge in [0.15, 0.2) is 5.13 Å². The summed E-state index contributed by atoms with van der Waals surface area (Å²) in [6.45, 7) is 4.23. The molecule has 1 fully saturated rings. The van der Waals surface area contributed by atoms with Gasteiger partial charge in [-0.25, -0.2) is 9.97 Å². The Labute approximate surface area is 134 Å². The van der Waals surface area contributed by atoms with Crippen molar-refractivity contribution >= 4 is 22.3 Å². The third-order valence-electron chi connectivity index (χ3n) is 4.16. The minimum atomic E-state index is 0.113. The number of aromatic nitrogens is 2. The van der Waals surface area contributed by atoms with E-state index in [0.717, 1.165) is 42.6 Å². The van der Waals surface area contributed by atoms with Gasteiger partial charge in [0.25, 0.3) is 0 Å². The molecule has 2 aromatic rings. The van der Waals surface area contributed by atoms with Gasteiger partial charge in [-0.3, -0.25) is 0 Å². The maximum absolute atomic E-state index is 9.82. The molecule has 0 amide bonds. The summed E-state index contributed by atoms with van der Waals surface area (Å²) < 4.78 is 0. The van der Waals surface area contributed by atoms with E-state index in [9.17, 15) is 5.11 Å². The zero-order chi connectivity index (χ0) is 15.4. The lowest BCUT2D eigenvalue weighted by Gasteiger charge is -2.29. The third kappa shape index (κ3) is 3.63. The lowest BCUT2D eigenvalue weighted by Crippen LogP contribution is -2.32. The van der Waals surface area contributed by atoms with E-state index in [2.05, 4.69) is 15.6 Å². The highest BCUT2D eigenvalue weighted by molar-refractivity contribution is 7.15. The fourth-order valence-electron chi connectivity index (χ4n) is 2.98. The number of nitrogens with one attached hydrogen (secondary N) is 2. The predicted octanol–water partition coefficient (Wildman–Crippen LogP) is 2.67. The molecule has 6 heteroatoms. The molecule has 0 aromatic carbocycles. The molecule has 3 rings (SSSR count). The van der Waals surface area contributed by atoms with E-state index in [-0.39, 0.29) is 12.5 Å². The molecular formula is C16H22N4OS. The second kappa shape index (κ2) is 7.17. The van der Waals surface area contributed by atoms with Gasteiger partial charge in [-0.05, 0) is 50.9 Å². The fraction of sp³-hybridized carbons (Fsp3) is 0.500. The molecule has 1 unspecified atom stereocenters. The Kier molecular flexibility index (Phi) is 5.02. The Bertz CT molecular complexity index is 610. The van der Waals surface area contributed by atoms with Crippen LogP contribution in [-0.4, -0.2) is 34.8 Å². The van der Waals surface area contributed by atoms with E-state index in [0.29, 0.717) is 5.92 Å². The van der Waals surface area contributed by atoms with Crippen LogP contribution in [0.3, 0.4) is 0 Å². The van der Waals surface area contributed by atoms with Gasteiger partial charge in [-0.2, -0.15) is 0 Å². The first-order valence-electron chi connectivity index (χ1n) is 7.74. The first-order valence-corrected chi connectivity index (χ1v) is 8.56. The third-order valence-corrected chi connectivity index (χ3v) is 4.98. The smallest absolute Gasteiger partial charge is 0.188 e. The molecule has 22 heavy (non-hydrogen) atoms. The highest BCUT2D eigenvalue weighted by Gasteiger charge is 2.25. The summed E-state index contributed by atoms with van der Waals surface area (Å²) in [6.07, 6.45) is 4.04. The monoisotopic (exact) mass is 318 g/mol. The van der Waals surface area contributed by atoms with Crippen molar-refractivity contribution in [2.24, 2.45) is 5.92 Å². The number of aryl methyl sites for hydroxylation is 1. The zero-order valence-corrected chi connectivity index (χ0v) is 13.6. The molecule has 5 nitrogen and oxygen atoms in total. The normalized spacial score (nSPS) is 17.4. The number of pyridine rings is 1. The molecular weight excluding hydrogens is 296 g/mol. The molecule has 1 aliphatic heterocycles. The van der Waals surface area contributed by atoms with Crippen LogP contribution in [0.25, 0.3) is 0 Å². The number of hydrogen-bond donors (Lipinski definition) is 3. The minimum absolute atomic E-state index is 0.113. The van der Waals surface area contributed by atoms with Crippen LogP contribution in [-0.2, 0) is 0 Å². The molecule has 0 spiro atoms. The van der Waals surface area contributed by atoms with Crippen molar-refractivity contribution in [1.29, 1.82) is 0 Å². The molecule has 1 aliphatic rings. The van der Waals surface area contributed by atoms with Gasteiger partial charge in [0.1, 0.15) is 5.82 Å². The summed E-state index contributed by atoms with van der Waals surface area (Å²) in [4.78, 5) is 10.2. The van der Waals surface area contributed by atoms with Crippen molar-refractivity contribution in [3.63, 3.8) is 0 Å². The first kappa shape index (κ1) is 15.4. The molecule has 0 aliphatic carbocycles. The number of piperidine rings is 1. The molecule has 118 valence electrons. The van der Waals surface area contributed by atoms with E-state index in [1.807, 2.05) is 31.3 Å². The Morgan fingerprint density at radius 1 is 1.41 bits per heavy atom. The van der Waals surface area contributed by atoms with Gasteiger partial charge in [0, 0.05) is 22.7 Å². The standard InChI is InChI=1S/C16H22N4OS/c1-11-9-18-16(22-11)20-15-4-2-3-14(19-15)13(10-21)12-5-7-17-8-6-12/h2-4,9,12-13,17,21H,5-8,10H2,1H3,(H,18,19,20). The first-order chi connectivity index (χ1) is 10.8. The molecule has 0 saturated carbocycles. The van der Waals surface area contributed by atoms with Crippen LogP contribution in [0.1, 0.15) is 29.3 Å². The maximum atomic E-state index is 9.82. The van der Waals surface area contributed by atoms with Crippen molar-refractivity contribution < 1.29 is 5.11 Å². The van der Waals surface area contributed by atoms with Crippen LogP contribution in [0, 0.1) is 12.8 Å². The molecule has 0 radical (unpaired) electrons. The number of hydrogen-bond acceptors (Lipinski definition) is 6. The summed E-state index contributed by atoms with van der Waals surface area (Å²) in [7, 11) is 0. The Morgan fingerprint density at radius 2 is 2.23 bits per heavy atom. The summed E-state index contributed by atoms with van der Waals surface area (Å²) in [6, 6.07) is 5.95. The van der Waals surface area contributed by atoms with Gasteiger partial charge in [-0.1, -0.05) is 6.07 Å². The molecule has 2 aromatic heterocycles. The summed E-state index contributed by atoms with van der Waals surface area (Å²) in [5, 5.41) is 17.3. The van der Waals surface area contributed by atoms with Gasteiger partial charge in [0.05, 0.1) is 6.61 Å². The van der Waals surface area contributed by atoms with E-state index in [1.54, 1.807) is 11.3 Å². The lowest BCUT2D eigenvalue weighted by molar-refractivity contribution is 0.199. The SMILES string of the molecule is Cc1cnc(Nc2cccc(C(CO)C3CCNCC3)n2)s1. The quantitative estimate of drug-likeness (QED) is 0.791. The topological polar surface area (TPSA) is 70.1 Å². The summed E-state index contributed by atoms with van der Waals surface area (Å²) in [5.74, 6) is 1.40. The van der Waals surface area contributed by atoms with Crippen molar-refractivity contribution in [1.82, 2.24) is 15.3 Å². The van der Waals surface area contributed by atoms with E-state index < -0.39 is 0 Å². The van der Waals surface area contributed by atoms with Crippen LogP contribution in [0.15, 0.2) is 24.4 Å². The number of aliphatic hydroxyl groups is 1. The summed E-state index contributed by atoms with van der Waals surface area (Å²) >= 11 is 1.61. The van der Waals surface area contributed by atoms with E-state index in [1.165, 1.54) is 4.88 Å². The van der Waals surface area contributed by atoms with Crippen LogP contribution < -0.4 is 10.6 Å².